The number of benzene rings is 3. The third-order valence-corrected chi connectivity index (χ3v) is 7.64. The van der Waals surface area contributed by atoms with E-state index in [9.17, 15) is 10.1 Å². The van der Waals surface area contributed by atoms with E-state index in [1.807, 2.05) is 60.9 Å². The minimum atomic E-state index is -0.563. The molecule has 0 N–H and O–H groups in total. The van der Waals surface area contributed by atoms with E-state index in [0.29, 0.717) is 33.9 Å². The maximum Gasteiger partial charge on any atom is 0.220 e. The Morgan fingerprint density at radius 1 is 1.06 bits per heavy atom. The molecule has 0 fully saturated rings. The van der Waals surface area contributed by atoms with Gasteiger partial charge in [0.15, 0.2) is 5.16 Å². The second-order valence-corrected chi connectivity index (χ2v) is 10.9. The summed E-state index contributed by atoms with van der Waals surface area (Å²) in [5.74, 6) is 1.27. The summed E-state index contributed by atoms with van der Waals surface area (Å²) in [5.41, 5.74) is 4.88. The van der Waals surface area contributed by atoms with Crippen LogP contribution in [0.25, 0.3) is 5.69 Å². The van der Waals surface area contributed by atoms with Crippen molar-refractivity contribution in [1.82, 2.24) is 14.8 Å². The van der Waals surface area contributed by atoms with Crippen LogP contribution in [0.15, 0.2) is 70.3 Å². The van der Waals surface area contributed by atoms with Crippen molar-refractivity contribution < 1.29 is 9.66 Å². The highest BCUT2D eigenvalue weighted by atomic mass is 79.9. The van der Waals surface area contributed by atoms with E-state index in [-0.39, 0.29) is 11.5 Å². The Morgan fingerprint density at radius 3 is 2.50 bits per heavy atom. The molecular formula is C26H24BrClN4O3S. The van der Waals surface area contributed by atoms with Crippen molar-refractivity contribution in [3.8, 4) is 11.4 Å². The van der Waals surface area contributed by atoms with Crippen LogP contribution in [0.3, 0.4) is 0 Å². The van der Waals surface area contributed by atoms with Crippen LogP contribution in [0.1, 0.15) is 33.3 Å². The monoisotopic (exact) mass is 586 g/mol. The molecule has 1 aromatic heterocycles. The lowest BCUT2D eigenvalue weighted by Crippen LogP contribution is -2.13. The smallest absolute Gasteiger partial charge is 0.220 e. The molecule has 0 spiro atoms. The van der Waals surface area contributed by atoms with Crippen molar-refractivity contribution in [2.24, 2.45) is 0 Å². The van der Waals surface area contributed by atoms with Crippen molar-refractivity contribution in [1.29, 1.82) is 0 Å². The first-order chi connectivity index (χ1) is 17.2. The molecule has 0 saturated heterocycles. The summed E-state index contributed by atoms with van der Waals surface area (Å²) in [7, 11) is 0. The molecule has 0 bridgehead atoms. The number of rotatable bonds is 9. The van der Waals surface area contributed by atoms with E-state index in [4.69, 9.17) is 16.3 Å². The van der Waals surface area contributed by atoms with Gasteiger partial charge in [0.05, 0.1) is 0 Å². The van der Waals surface area contributed by atoms with Crippen LogP contribution in [-0.2, 0) is 6.61 Å². The van der Waals surface area contributed by atoms with Gasteiger partial charge in [0.2, 0.25) is 6.54 Å². The van der Waals surface area contributed by atoms with Crippen LogP contribution in [0.4, 0.5) is 0 Å². The standard InChI is InChI=1S/C26H24BrClN4O3S/c1-16-4-10-22(12-17(16)2)32-18(3)29-30-26(32)36-25(14-31(33)34)23-13-20(27)7-11-24(23)35-15-19-5-8-21(28)9-6-19/h4-13,25H,14-15H2,1-3H3/t25-/m1/s1. The molecule has 0 radical (unpaired) electrons. The Balaban J connectivity index is 1.68. The fraction of sp³-hybridized carbons (Fsp3) is 0.231. The van der Waals surface area contributed by atoms with Crippen molar-refractivity contribution in [2.75, 3.05) is 6.54 Å². The summed E-state index contributed by atoms with van der Waals surface area (Å²) >= 11 is 10.8. The Morgan fingerprint density at radius 2 is 1.81 bits per heavy atom. The molecule has 4 aromatic rings. The Hall–Kier alpha value is -2.88. The number of ether oxygens (including phenoxy) is 1. The first-order valence-corrected chi connectivity index (χ1v) is 13.2. The van der Waals surface area contributed by atoms with E-state index in [0.717, 1.165) is 21.3 Å². The van der Waals surface area contributed by atoms with Gasteiger partial charge >= 0.3 is 0 Å². The third-order valence-electron chi connectivity index (χ3n) is 5.73. The van der Waals surface area contributed by atoms with Crippen LogP contribution in [0.5, 0.6) is 5.75 Å². The molecule has 0 amide bonds. The fourth-order valence-corrected chi connectivity index (χ4v) is 5.38. The third kappa shape index (κ3) is 6.27. The number of aryl methyl sites for hydroxylation is 3. The van der Waals surface area contributed by atoms with Crippen LogP contribution < -0.4 is 4.74 Å². The molecule has 7 nitrogen and oxygen atoms in total. The number of halogens is 2. The van der Waals surface area contributed by atoms with E-state index in [2.05, 4.69) is 39.1 Å². The predicted molar refractivity (Wildman–Crippen MR) is 146 cm³/mol. The Kier molecular flexibility index (Phi) is 8.33. The zero-order chi connectivity index (χ0) is 25.8. The minimum absolute atomic E-state index is 0.305. The van der Waals surface area contributed by atoms with Gasteiger partial charge in [-0.2, -0.15) is 0 Å². The molecule has 1 heterocycles. The SMILES string of the molecule is Cc1ccc(-n2c(C)nnc2S[C@H](C[N+](=O)[O-])c2cc(Br)ccc2OCc2ccc(Cl)cc2)cc1C. The quantitative estimate of drug-likeness (QED) is 0.116. The van der Waals surface area contributed by atoms with Gasteiger partial charge < -0.3 is 4.74 Å². The van der Waals surface area contributed by atoms with Crippen LogP contribution >= 0.6 is 39.3 Å². The normalized spacial score (nSPS) is 11.9. The number of nitro groups is 1. The van der Waals surface area contributed by atoms with E-state index in [1.54, 1.807) is 12.1 Å². The molecule has 0 aliphatic rings. The molecule has 0 aliphatic heterocycles. The second kappa shape index (κ2) is 11.5. The summed E-state index contributed by atoms with van der Waals surface area (Å²) in [5, 5.41) is 21.0. The van der Waals surface area contributed by atoms with Crippen LogP contribution in [-0.4, -0.2) is 26.2 Å². The topological polar surface area (TPSA) is 83.1 Å². The second-order valence-electron chi connectivity index (χ2n) is 8.35. The number of nitrogens with zero attached hydrogens (tertiary/aromatic N) is 4. The first kappa shape index (κ1) is 26.2. The summed E-state index contributed by atoms with van der Waals surface area (Å²) in [6.07, 6.45) is 0. The molecule has 3 aromatic carbocycles. The highest BCUT2D eigenvalue weighted by Crippen LogP contribution is 2.41. The number of hydrogen-bond acceptors (Lipinski definition) is 6. The fourth-order valence-electron chi connectivity index (χ4n) is 3.69. The van der Waals surface area contributed by atoms with Gasteiger partial charge in [-0.1, -0.05) is 57.5 Å². The summed E-state index contributed by atoms with van der Waals surface area (Å²) in [6.45, 7) is 5.97. The summed E-state index contributed by atoms with van der Waals surface area (Å²) < 4.78 is 8.85. The zero-order valence-corrected chi connectivity index (χ0v) is 23.1. The van der Waals surface area contributed by atoms with Crippen molar-refractivity contribution in [3.05, 3.63) is 108 Å². The highest BCUT2D eigenvalue weighted by Gasteiger charge is 2.27. The first-order valence-electron chi connectivity index (χ1n) is 11.2. The van der Waals surface area contributed by atoms with Gasteiger partial charge in [-0.3, -0.25) is 14.7 Å². The lowest BCUT2D eigenvalue weighted by Gasteiger charge is -2.18. The van der Waals surface area contributed by atoms with E-state index in [1.165, 1.54) is 17.3 Å². The molecule has 10 heteroatoms. The molecule has 0 unspecified atom stereocenters. The van der Waals surface area contributed by atoms with Crippen molar-refractivity contribution in [3.63, 3.8) is 0 Å². The van der Waals surface area contributed by atoms with Gasteiger partial charge in [0, 0.05) is 25.7 Å². The zero-order valence-electron chi connectivity index (χ0n) is 19.9. The molecule has 36 heavy (non-hydrogen) atoms. The van der Waals surface area contributed by atoms with E-state index >= 15 is 0 Å². The lowest BCUT2D eigenvalue weighted by molar-refractivity contribution is -0.479. The molecule has 186 valence electrons. The highest BCUT2D eigenvalue weighted by molar-refractivity contribution is 9.10. The van der Waals surface area contributed by atoms with Gasteiger partial charge in [-0.05, 0) is 79.9 Å². The van der Waals surface area contributed by atoms with Crippen LogP contribution in [0.2, 0.25) is 5.02 Å². The van der Waals surface area contributed by atoms with Gasteiger partial charge in [-0.15, -0.1) is 10.2 Å². The largest absolute Gasteiger partial charge is 0.489 e. The Bertz CT molecular complexity index is 1390. The number of aromatic nitrogens is 3. The maximum absolute atomic E-state index is 11.7. The van der Waals surface area contributed by atoms with Crippen LogP contribution in [0, 0.1) is 30.9 Å². The minimum Gasteiger partial charge on any atom is -0.489 e. The summed E-state index contributed by atoms with van der Waals surface area (Å²) in [4.78, 5) is 11.4. The van der Waals surface area contributed by atoms with Gasteiger partial charge in [0.25, 0.3) is 0 Å². The molecule has 0 saturated carbocycles. The molecule has 1 atom stereocenters. The van der Waals surface area contributed by atoms with Gasteiger partial charge in [0.1, 0.15) is 23.4 Å². The average molecular weight is 588 g/mol. The lowest BCUT2D eigenvalue weighted by atomic mass is 10.1. The van der Waals surface area contributed by atoms with E-state index < -0.39 is 5.25 Å². The predicted octanol–water partition coefficient (Wildman–Crippen LogP) is 7.30. The number of hydrogen-bond donors (Lipinski definition) is 0. The Labute approximate surface area is 227 Å². The summed E-state index contributed by atoms with van der Waals surface area (Å²) in [6, 6.07) is 19.0. The van der Waals surface area contributed by atoms with Crippen molar-refractivity contribution >= 4 is 39.3 Å². The van der Waals surface area contributed by atoms with Gasteiger partial charge in [-0.25, -0.2) is 0 Å². The maximum atomic E-state index is 11.7. The molecule has 4 rings (SSSR count). The van der Waals surface area contributed by atoms with Crippen molar-refractivity contribution in [2.45, 2.75) is 37.8 Å². The molecular weight excluding hydrogens is 564 g/mol. The molecule has 0 aliphatic carbocycles. The number of thioether (sulfide) groups is 1. The average Bonchev–Trinajstić information content (AvgIpc) is 3.20.